The smallest absolute Gasteiger partial charge is 0.326 e. The van der Waals surface area contributed by atoms with Crippen molar-refractivity contribution >= 4 is 23.5 Å². The zero-order valence-electron chi connectivity index (χ0n) is 20.1. The molecule has 2 amide bonds. The lowest BCUT2D eigenvalue weighted by molar-refractivity contribution is -0.144. The second kappa shape index (κ2) is 9.32. The molecule has 7 unspecified atom stereocenters. The predicted octanol–water partition coefficient (Wildman–Crippen LogP) is 2.13. The molecule has 3 fully saturated rings. The lowest BCUT2D eigenvalue weighted by atomic mass is 9.47. The second-order valence-electron chi connectivity index (χ2n) is 11.1. The molecule has 9 nitrogen and oxygen atoms in total. The van der Waals surface area contributed by atoms with Crippen molar-refractivity contribution in [1.82, 2.24) is 5.32 Å². The van der Waals surface area contributed by atoms with Crippen LogP contribution >= 0.6 is 0 Å². The van der Waals surface area contributed by atoms with E-state index in [0.717, 1.165) is 57.1 Å². The number of aliphatic hydroxyl groups is 1. The minimum Gasteiger partial charge on any atom is -0.480 e. The van der Waals surface area contributed by atoms with Gasteiger partial charge < -0.3 is 26.1 Å². The highest BCUT2D eigenvalue weighted by Crippen LogP contribution is 2.65. The molecule has 4 aliphatic carbocycles. The van der Waals surface area contributed by atoms with Crippen molar-refractivity contribution in [3.8, 4) is 0 Å². The van der Waals surface area contributed by atoms with Crippen LogP contribution in [0.25, 0.3) is 0 Å². The van der Waals surface area contributed by atoms with E-state index in [1.165, 1.54) is 5.57 Å². The first-order valence-corrected chi connectivity index (χ1v) is 12.4. The maximum absolute atomic E-state index is 12.0. The lowest BCUT2D eigenvalue weighted by Crippen LogP contribution is -2.51. The van der Waals surface area contributed by atoms with Gasteiger partial charge in [-0.3, -0.25) is 9.59 Å². The molecule has 0 heterocycles. The van der Waals surface area contributed by atoms with Gasteiger partial charge in [-0.05, 0) is 86.0 Å². The predicted molar refractivity (Wildman–Crippen MR) is 124 cm³/mol. The fourth-order valence-electron chi connectivity index (χ4n) is 7.43. The van der Waals surface area contributed by atoms with Crippen molar-refractivity contribution in [2.75, 3.05) is 6.61 Å². The Hall–Kier alpha value is -2.42. The summed E-state index contributed by atoms with van der Waals surface area (Å²) >= 11 is 0. The number of amides is 2. The molecule has 0 radical (unpaired) electrons. The monoisotopic (exact) mass is 475 g/mol. The van der Waals surface area contributed by atoms with Gasteiger partial charge in [-0.1, -0.05) is 24.6 Å². The van der Waals surface area contributed by atoms with Gasteiger partial charge in [0.1, 0.15) is 6.04 Å². The Bertz CT molecular complexity index is 916. The molecule has 0 bridgehead atoms. The molecule has 5 N–H and O–H groups in total. The topological polar surface area (TPSA) is 151 Å². The number of allylic oxidation sites excluding steroid dienone is 2. The Labute approximate surface area is 200 Å². The van der Waals surface area contributed by atoms with Crippen LogP contribution in [0.2, 0.25) is 0 Å². The highest BCUT2D eigenvalue weighted by molar-refractivity contribution is 5.96. The molecule has 188 valence electrons. The van der Waals surface area contributed by atoms with Gasteiger partial charge in [-0.15, -0.1) is 0 Å². The number of primary amides is 1. The fourth-order valence-corrected chi connectivity index (χ4v) is 7.43. The Morgan fingerprint density at radius 3 is 2.65 bits per heavy atom. The minimum atomic E-state index is -1.38. The summed E-state index contributed by atoms with van der Waals surface area (Å²) in [6.45, 7) is 4.25. The maximum atomic E-state index is 12.0. The number of aliphatic hydroxyl groups excluding tert-OH is 1. The summed E-state index contributed by atoms with van der Waals surface area (Å²) in [7, 11) is 0. The Morgan fingerprint density at radius 2 is 1.94 bits per heavy atom. The van der Waals surface area contributed by atoms with Crippen LogP contribution in [-0.4, -0.2) is 52.5 Å². The van der Waals surface area contributed by atoms with Crippen molar-refractivity contribution < 1.29 is 29.4 Å². The molecule has 0 aromatic carbocycles. The summed E-state index contributed by atoms with van der Waals surface area (Å²) in [6.07, 6.45) is 9.71. The Morgan fingerprint density at radius 1 is 1.18 bits per heavy atom. The van der Waals surface area contributed by atoms with E-state index in [4.69, 9.17) is 15.7 Å². The molecule has 0 aromatic rings. The van der Waals surface area contributed by atoms with Crippen molar-refractivity contribution in [2.24, 2.45) is 39.5 Å². The number of fused-ring (bicyclic) bond motifs is 5. The average Bonchev–Trinajstić information content (AvgIpc) is 3.07. The SMILES string of the molecule is CC12CCC(=NOCC(=O)NC(CC(N)=O)C(=O)O)C=C1CCC1C2CCC2(C)C(O)CCC12. The van der Waals surface area contributed by atoms with E-state index >= 15 is 0 Å². The van der Waals surface area contributed by atoms with E-state index in [1.54, 1.807) is 0 Å². The van der Waals surface area contributed by atoms with Gasteiger partial charge in [0.25, 0.3) is 5.91 Å². The lowest BCUT2D eigenvalue weighted by Gasteiger charge is -2.57. The first-order valence-electron chi connectivity index (χ1n) is 12.4. The van der Waals surface area contributed by atoms with Gasteiger partial charge in [-0.2, -0.15) is 0 Å². The molecule has 7 atom stereocenters. The zero-order chi connectivity index (χ0) is 24.7. The molecule has 34 heavy (non-hydrogen) atoms. The normalized spacial score (nSPS) is 38.7. The first-order chi connectivity index (χ1) is 16.0. The largest absolute Gasteiger partial charge is 0.480 e. The third kappa shape index (κ3) is 4.46. The first kappa shape index (κ1) is 24.7. The number of hydrogen-bond donors (Lipinski definition) is 4. The van der Waals surface area contributed by atoms with Crippen LogP contribution in [0.5, 0.6) is 0 Å². The molecule has 0 saturated heterocycles. The summed E-state index contributed by atoms with van der Waals surface area (Å²) in [5.41, 5.74) is 7.43. The fraction of sp³-hybridized carbons (Fsp3) is 0.760. The summed E-state index contributed by atoms with van der Waals surface area (Å²) in [4.78, 5) is 39.3. The molecular formula is C25H37N3O6. The van der Waals surface area contributed by atoms with Gasteiger partial charge >= 0.3 is 5.97 Å². The van der Waals surface area contributed by atoms with E-state index in [0.29, 0.717) is 17.8 Å². The quantitative estimate of drug-likeness (QED) is 0.414. The Kier molecular flexibility index (Phi) is 6.77. The van der Waals surface area contributed by atoms with E-state index in [9.17, 15) is 19.5 Å². The second-order valence-corrected chi connectivity index (χ2v) is 11.1. The minimum absolute atomic E-state index is 0.0749. The number of aliphatic carboxylic acids is 1. The Balaban J connectivity index is 1.37. The third-order valence-electron chi connectivity index (χ3n) is 9.34. The summed E-state index contributed by atoms with van der Waals surface area (Å²) < 4.78 is 0. The van der Waals surface area contributed by atoms with Crippen LogP contribution in [0.15, 0.2) is 16.8 Å². The number of carboxylic acids is 1. The van der Waals surface area contributed by atoms with Crippen LogP contribution < -0.4 is 11.1 Å². The van der Waals surface area contributed by atoms with E-state index in [-0.39, 0.29) is 16.9 Å². The van der Waals surface area contributed by atoms with Crippen LogP contribution in [-0.2, 0) is 19.2 Å². The third-order valence-corrected chi connectivity index (χ3v) is 9.34. The van der Waals surface area contributed by atoms with Crippen molar-refractivity contribution in [1.29, 1.82) is 0 Å². The molecular weight excluding hydrogens is 438 g/mol. The zero-order valence-corrected chi connectivity index (χ0v) is 20.1. The molecule has 3 saturated carbocycles. The number of oxime groups is 1. The van der Waals surface area contributed by atoms with Crippen molar-refractivity contribution in [3.05, 3.63) is 11.6 Å². The van der Waals surface area contributed by atoms with Crippen LogP contribution in [0, 0.1) is 28.6 Å². The number of hydrogen-bond acceptors (Lipinski definition) is 6. The molecule has 9 heteroatoms. The van der Waals surface area contributed by atoms with Crippen molar-refractivity contribution in [2.45, 2.75) is 83.8 Å². The van der Waals surface area contributed by atoms with Gasteiger partial charge in [0, 0.05) is 0 Å². The number of rotatable bonds is 7. The van der Waals surface area contributed by atoms with Gasteiger partial charge in [-0.25, -0.2) is 4.79 Å². The van der Waals surface area contributed by atoms with Gasteiger partial charge in [0.15, 0.2) is 6.61 Å². The standard InChI is InChI=1S/C25H37N3O6/c1-24-9-7-15(28-34-13-22(31)27-19(23(32)33)12-21(26)30)11-14(24)3-4-16-17-5-6-20(29)25(17,2)10-8-18(16)24/h11,16-20,29H,3-10,12-13H2,1-2H3,(H2,26,30)(H,27,31)(H,32,33). The number of nitrogens with zero attached hydrogens (tertiary/aromatic N) is 1. The highest BCUT2D eigenvalue weighted by Gasteiger charge is 2.58. The molecule has 4 aliphatic rings. The summed E-state index contributed by atoms with van der Waals surface area (Å²) in [5.74, 6) is -0.911. The van der Waals surface area contributed by atoms with Crippen LogP contribution in [0.3, 0.4) is 0 Å². The maximum Gasteiger partial charge on any atom is 0.326 e. The summed E-state index contributed by atoms with van der Waals surface area (Å²) in [6, 6.07) is -1.38. The van der Waals surface area contributed by atoms with Crippen LogP contribution in [0.4, 0.5) is 0 Å². The van der Waals surface area contributed by atoms with Gasteiger partial charge in [0.2, 0.25) is 5.91 Å². The van der Waals surface area contributed by atoms with E-state index in [1.807, 2.05) is 0 Å². The van der Waals surface area contributed by atoms with Crippen molar-refractivity contribution in [3.63, 3.8) is 0 Å². The number of nitrogens with two attached hydrogens (primary N) is 1. The number of carbonyl (C=O) groups is 3. The number of nitrogens with one attached hydrogen (secondary N) is 1. The molecule has 0 aliphatic heterocycles. The molecule has 4 rings (SSSR count). The highest BCUT2D eigenvalue weighted by atomic mass is 16.6. The van der Waals surface area contributed by atoms with Gasteiger partial charge in [0.05, 0.1) is 18.2 Å². The molecule has 0 aromatic heterocycles. The van der Waals surface area contributed by atoms with E-state index < -0.39 is 36.9 Å². The van der Waals surface area contributed by atoms with E-state index in [2.05, 4.69) is 30.4 Å². The average molecular weight is 476 g/mol. The molecule has 0 spiro atoms. The van der Waals surface area contributed by atoms with Crippen LogP contribution in [0.1, 0.15) is 71.6 Å². The number of carbonyl (C=O) groups excluding carboxylic acids is 2. The summed E-state index contributed by atoms with van der Waals surface area (Å²) in [5, 5.41) is 26.1. The number of carboxylic acid groups (broad SMARTS) is 1.